The van der Waals surface area contributed by atoms with Gasteiger partial charge in [-0.05, 0) is 32.0 Å². The van der Waals surface area contributed by atoms with Crippen molar-refractivity contribution >= 4 is 33.5 Å². The second-order valence-corrected chi connectivity index (χ2v) is 4.69. The fourth-order valence-electron chi connectivity index (χ4n) is 1.60. The van der Waals surface area contributed by atoms with Crippen LogP contribution in [0.1, 0.15) is 19.4 Å². The zero-order chi connectivity index (χ0) is 14.4. The lowest BCUT2D eigenvalue weighted by Gasteiger charge is -2.20. The van der Waals surface area contributed by atoms with Gasteiger partial charge in [-0.3, -0.25) is 0 Å². The molecule has 104 valence electrons. The van der Waals surface area contributed by atoms with Crippen molar-refractivity contribution in [1.82, 2.24) is 4.90 Å². The lowest BCUT2D eigenvalue weighted by molar-refractivity contribution is 0.217. The Morgan fingerprint density at radius 1 is 1.47 bits per heavy atom. The Morgan fingerprint density at radius 3 is 2.63 bits per heavy atom. The lowest BCUT2D eigenvalue weighted by atomic mass is 10.1. The molecule has 0 aromatic heterocycles. The number of anilines is 1. The van der Waals surface area contributed by atoms with Crippen LogP contribution in [-0.4, -0.2) is 35.1 Å². The van der Waals surface area contributed by atoms with E-state index in [1.54, 1.807) is 23.1 Å². The Labute approximate surface area is 120 Å². The summed E-state index contributed by atoms with van der Waals surface area (Å²) in [5.74, 6) is -0.0591. The second kappa shape index (κ2) is 6.98. The number of halogens is 1. The molecule has 0 fully saturated rings. The molecule has 2 amide bonds. The fraction of sp³-hybridized carbons (Fsp3) is 0.333. The average Bonchev–Trinajstić information content (AvgIpc) is 2.41. The molecular weight excluding hydrogens is 312 g/mol. The van der Waals surface area contributed by atoms with Crippen molar-refractivity contribution in [2.45, 2.75) is 13.8 Å². The van der Waals surface area contributed by atoms with Gasteiger partial charge < -0.3 is 21.2 Å². The molecular formula is C12H17BrN4O2. The number of oxime groups is 1. The Morgan fingerprint density at radius 2 is 2.11 bits per heavy atom. The van der Waals surface area contributed by atoms with Gasteiger partial charge in [0.15, 0.2) is 5.84 Å². The molecule has 6 nitrogen and oxygen atoms in total. The largest absolute Gasteiger partial charge is 0.409 e. The van der Waals surface area contributed by atoms with E-state index in [0.717, 1.165) is 4.47 Å². The smallest absolute Gasteiger partial charge is 0.321 e. The SMILES string of the molecule is CCN(CC)C(=O)Nc1ccc(Br)cc1/C(N)=N/O. The third-order valence-corrected chi connectivity index (χ3v) is 3.15. The summed E-state index contributed by atoms with van der Waals surface area (Å²) >= 11 is 3.30. The average molecular weight is 329 g/mol. The molecule has 0 atom stereocenters. The number of rotatable bonds is 4. The van der Waals surface area contributed by atoms with Crippen molar-refractivity contribution in [2.75, 3.05) is 18.4 Å². The van der Waals surface area contributed by atoms with E-state index in [4.69, 9.17) is 10.9 Å². The zero-order valence-electron chi connectivity index (χ0n) is 10.9. The highest BCUT2D eigenvalue weighted by Crippen LogP contribution is 2.21. The molecule has 0 aliphatic heterocycles. The Hall–Kier alpha value is -1.76. The highest BCUT2D eigenvalue weighted by atomic mass is 79.9. The van der Waals surface area contributed by atoms with Gasteiger partial charge in [-0.25, -0.2) is 4.79 Å². The van der Waals surface area contributed by atoms with Gasteiger partial charge in [0.25, 0.3) is 0 Å². The summed E-state index contributed by atoms with van der Waals surface area (Å²) in [7, 11) is 0. The molecule has 4 N–H and O–H groups in total. The number of benzene rings is 1. The summed E-state index contributed by atoms with van der Waals surface area (Å²) in [5.41, 5.74) is 6.55. The molecule has 19 heavy (non-hydrogen) atoms. The third-order valence-electron chi connectivity index (χ3n) is 2.66. The summed E-state index contributed by atoms with van der Waals surface area (Å²) in [6, 6.07) is 4.91. The van der Waals surface area contributed by atoms with Gasteiger partial charge in [0.1, 0.15) is 0 Å². The molecule has 1 aromatic rings. The van der Waals surface area contributed by atoms with E-state index in [1.807, 2.05) is 13.8 Å². The number of amides is 2. The Kier molecular flexibility index (Phi) is 5.62. The number of hydrogen-bond acceptors (Lipinski definition) is 3. The Bertz CT molecular complexity index is 487. The number of nitrogens with one attached hydrogen (secondary N) is 1. The van der Waals surface area contributed by atoms with E-state index in [-0.39, 0.29) is 11.9 Å². The monoisotopic (exact) mass is 328 g/mol. The van der Waals surface area contributed by atoms with E-state index < -0.39 is 0 Å². The van der Waals surface area contributed by atoms with E-state index >= 15 is 0 Å². The first-order valence-electron chi connectivity index (χ1n) is 5.86. The number of nitrogens with two attached hydrogens (primary N) is 1. The van der Waals surface area contributed by atoms with Crippen LogP contribution < -0.4 is 11.1 Å². The molecule has 0 aliphatic rings. The first-order chi connectivity index (χ1) is 9.03. The quantitative estimate of drug-likeness (QED) is 0.343. The third kappa shape index (κ3) is 3.85. The normalized spacial score (nSPS) is 11.2. The molecule has 1 aromatic carbocycles. The van der Waals surface area contributed by atoms with E-state index in [2.05, 4.69) is 26.4 Å². The van der Waals surface area contributed by atoms with Crippen LogP contribution >= 0.6 is 15.9 Å². The van der Waals surface area contributed by atoms with Crippen molar-refractivity contribution in [2.24, 2.45) is 10.9 Å². The highest BCUT2D eigenvalue weighted by Gasteiger charge is 2.14. The van der Waals surface area contributed by atoms with E-state index in [0.29, 0.717) is 24.3 Å². The van der Waals surface area contributed by atoms with Gasteiger partial charge in [-0.1, -0.05) is 21.1 Å². The minimum absolute atomic E-state index is 0.0591. The predicted octanol–water partition coefficient (Wildman–Crippen LogP) is 2.42. The number of amidine groups is 1. The molecule has 0 saturated carbocycles. The van der Waals surface area contributed by atoms with Gasteiger partial charge in [0, 0.05) is 23.1 Å². The molecule has 0 spiro atoms. The van der Waals surface area contributed by atoms with E-state index in [9.17, 15) is 4.79 Å². The standard InChI is InChI=1S/C12H17BrN4O2/c1-3-17(4-2)12(18)15-10-6-5-8(13)7-9(10)11(14)16-19/h5-7,19H,3-4H2,1-2H3,(H2,14,16)(H,15,18). The van der Waals surface area contributed by atoms with Crippen LogP contribution in [0, 0.1) is 0 Å². The number of carbonyl (C=O) groups is 1. The first kappa shape index (κ1) is 15.3. The van der Waals surface area contributed by atoms with Crippen molar-refractivity contribution in [3.63, 3.8) is 0 Å². The number of hydrogen-bond donors (Lipinski definition) is 3. The minimum Gasteiger partial charge on any atom is -0.409 e. The van der Waals surface area contributed by atoms with Gasteiger partial charge >= 0.3 is 6.03 Å². The molecule has 0 unspecified atom stereocenters. The highest BCUT2D eigenvalue weighted by molar-refractivity contribution is 9.10. The molecule has 0 heterocycles. The summed E-state index contributed by atoms with van der Waals surface area (Å²) in [4.78, 5) is 13.6. The Balaban J connectivity index is 3.04. The molecule has 0 bridgehead atoms. The van der Waals surface area contributed by atoms with Crippen molar-refractivity contribution < 1.29 is 10.0 Å². The van der Waals surface area contributed by atoms with Crippen LogP contribution in [0.4, 0.5) is 10.5 Å². The molecule has 0 radical (unpaired) electrons. The maximum absolute atomic E-state index is 12.0. The fourth-order valence-corrected chi connectivity index (χ4v) is 1.96. The maximum Gasteiger partial charge on any atom is 0.321 e. The van der Waals surface area contributed by atoms with Crippen molar-refractivity contribution in [3.05, 3.63) is 28.2 Å². The minimum atomic E-state index is -0.223. The van der Waals surface area contributed by atoms with Crippen LogP contribution in [0.15, 0.2) is 27.8 Å². The number of carbonyl (C=O) groups excluding carboxylic acids is 1. The van der Waals surface area contributed by atoms with Gasteiger partial charge in [-0.15, -0.1) is 0 Å². The summed E-state index contributed by atoms with van der Waals surface area (Å²) in [5, 5.41) is 14.5. The summed E-state index contributed by atoms with van der Waals surface area (Å²) < 4.78 is 0.773. The van der Waals surface area contributed by atoms with Gasteiger partial charge in [-0.2, -0.15) is 0 Å². The van der Waals surface area contributed by atoms with Gasteiger partial charge in [0.2, 0.25) is 0 Å². The molecule has 1 rings (SSSR count). The van der Waals surface area contributed by atoms with E-state index in [1.165, 1.54) is 0 Å². The first-order valence-corrected chi connectivity index (χ1v) is 6.66. The van der Waals surface area contributed by atoms with Crippen LogP contribution in [0.2, 0.25) is 0 Å². The zero-order valence-corrected chi connectivity index (χ0v) is 12.4. The van der Waals surface area contributed by atoms with Crippen molar-refractivity contribution in [3.8, 4) is 0 Å². The predicted molar refractivity (Wildman–Crippen MR) is 78.6 cm³/mol. The van der Waals surface area contributed by atoms with Crippen molar-refractivity contribution in [1.29, 1.82) is 0 Å². The van der Waals surface area contributed by atoms with Crippen LogP contribution in [0.5, 0.6) is 0 Å². The lowest BCUT2D eigenvalue weighted by Crippen LogP contribution is -2.35. The molecule has 7 heteroatoms. The molecule has 0 aliphatic carbocycles. The number of urea groups is 1. The summed E-state index contributed by atoms with van der Waals surface area (Å²) in [6.45, 7) is 5.01. The topological polar surface area (TPSA) is 91.0 Å². The maximum atomic E-state index is 12.0. The van der Waals surface area contributed by atoms with Crippen LogP contribution in [-0.2, 0) is 0 Å². The number of nitrogens with zero attached hydrogens (tertiary/aromatic N) is 2. The van der Waals surface area contributed by atoms with Crippen LogP contribution in [0.25, 0.3) is 0 Å². The molecule has 0 saturated heterocycles. The van der Waals surface area contributed by atoms with Gasteiger partial charge in [0.05, 0.1) is 5.69 Å². The second-order valence-electron chi connectivity index (χ2n) is 3.78. The summed E-state index contributed by atoms with van der Waals surface area (Å²) in [6.07, 6.45) is 0. The van der Waals surface area contributed by atoms with Crippen LogP contribution in [0.3, 0.4) is 0 Å².